The number of carbonyl (C=O) groups excluding carboxylic acids is 3. The van der Waals surface area contributed by atoms with Gasteiger partial charge in [-0.25, -0.2) is 4.79 Å². The number of ether oxygens (including phenoxy) is 1. The molecule has 1 amide bonds. The normalized spacial score (nSPS) is 13.9. The minimum absolute atomic E-state index is 0.154. The van der Waals surface area contributed by atoms with E-state index >= 15 is 0 Å². The average molecular weight is 307 g/mol. The smallest absolute Gasteiger partial charge is 0.340 e. The largest absolute Gasteiger partial charge is 0.458 e. The molecule has 0 radical (unpaired) electrons. The van der Waals surface area contributed by atoms with Crippen molar-refractivity contribution in [1.82, 2.24) is 5.32 Å². The van der Waals surface area contributed by atoms with Crippen molar-refractivity contribution in [2.75, 3.05) is 0 Å². The molecule has 2 N–H and O–H groups in total. The van der Waals surface area contributed by atoms with E-state index in [-0.39, 0.29) is 11.1 Å². The van der Waals surface area contributed by atoms with Crippen LogP contribution in [-0.2, 0) is 14.3 Å². The Morgan fingerprint density at radius 2 is 1.86 bits per heavy atom. The Labute approximate surface area is 129 Å². The molecule has 1 aromatic rings. The number of esters is 1. The lowest BCUT2D eigenvalue weighted by atomic mass is 9.96. The Morgan fingerprint density at radius 1 is 1.27 bits per heavy atom. The highest BCUT2D eigenvalue weighted by Crippen LogP contribution is 2.23. The maximum atomic E-state index is 12.3. The van der Waals surface area contributed by atoms with Gasteiger partial charge in [-0.3, -0.25) is 9.59 Å². The second-order valence-electron chi connectivity index (χ2n) is 5.89. The molecule has 2 atom stereocenters. The summed E-state index contributed by atoms with van der Waals surface area (Å²) in [7, 11) is 0. The number of nitrogens with one attached hydrogen (secondary N) is 1. The first-order valence-corrected chi connectivity index (χ1v) is 6.91. The van der Waals surface area contributed by atoms with E-state index in [1.807, 2.05) is 0 Å². The maximum absolute atomic E-state index is 12.3. The zero-order chi connectivity index (χ0) is 16.9. The summed E-state index contributed by atoms with van der Waals surface area (Å²) in [5, 5.41) is 12.5. The zero-order valence-electron chi connectivity index (χ0n) is 13.1. The number of ketones is 1. The van der Waals surface area contributed by atoms with E-state index in [1.165, 1.54) is 19.1 Å². The summed E-state index contributed by atoms with van der Waals surface area (Å²) in [5.74, 6) is -1.23. The zero-order valence-corrected chi connectivity index (χ0v) is 13.1. The monoisotopic (exact) mass is 307 g/mol. The first-order chi connectivity index (χ1) is 10.2. The van der Waals surface area contributed by atoms with Gasteiger partial charge in [0.15, 0.2) is 11.9 Å². The van der Waals surface area contributed by atoms with Crippen molar-refractivity contribution in [1.29, 1.82) is 0 Å². The van der Waals surface area contributed by atoms with Gasteiger partial charge in [-0.05, 0) is 27.7 Å². The predicted molar refractivity (Wildman–Crippen MR) is 80.2 cm³/mol. The molecule has 0 heterocycles. The SMILES string of the molecule is C[C@H](NC=O)C(=O)c1ccccc1C(O)C(=O)OC(C)(C)C. The fourth-order valence-electron chi connectivity index (χ4n) is 1.86. The van der Waals surface area contributed by atoms with E-state index in [4.69, 9.17) is 4.74 Å². The summed E-state index contributed by atoms with van der Waals surface area (Å²) < 4.78 is 5.12. The molecule has 0 saturated heterocycles. The van der Waals surface area contributed by atoms with E-state index in [1.54, 1.807) is 32.9 Å². The van der Waals surface area contributed by atoms with E-state index in [2.05, 4.69) is 5.32 Å². The van der Waals surface area contributed by atoms with Crippen LogP contribution in [0.15, 0.2) is 24.3 Å². The highest BCUT2D eigenvalue weighted by Gasteiger charge is 2.28. The van der Waals surface area contributed by atoms with E-state index < -0.39 is 29.5 Å². The van der Waals surface area contributed by atoms with E-state index in [0.717, 1.165) is 0 Å². The third-order valence-corrected chi connectivity index (χ3v) is 2.86. The van der Waals surface area contributed by atoms with Crippen molar-refractivity contribution in [3.8, 4) is 0 Å². The van der Waals surface area contributed by atoms with Gasteiger partial charge in [0, 0.05) is 11.1 Å². The summed E-state index contributed by atoms with van der Waals surface area (Å²) in [5.41, 5.74) is -0.423. The van der Waals surface area contributed by atoms with Crippen molar-refractivity contribution >= 4 is 18.2 Å². The quantitative estimate of drug-likeness (QED) is 0.470. The molecular weight excluding hydrogens is 286 g/mol. The predicted octanol–water partition coefficient (Wildman–Crippen LogP) is 1.38. The molecule has 0 saturated carbocycles. The number of amides is 1. The van der Waals surface area contributed by atoms with Crippen LogP contribution >= 0.6 is 0 Å². The summed E-state index contributed by atoms with van der Waals surface area (Å²) in [6.45, 7) is 6.58. The van der Waals surface area contributed by atoms with Crippen molar-refractivity contribution in [3.63, 3.8) is 0 Å². The van der Waals surface area contributed by atoms with Crippen LogP contribution in [0.25, 0.3) is 0 Å². The topological polar surface area (TPSA) is 92.7 Å². The number of benzene rings is 1. The maximum Gasteiger partial charge on any atom is 0.340 e. The summed E-state index contributed by atoms with van der Waals surface area (Å²) in [4.78, 5) is 34.7. The number of Topliss-reactive ketones (excluding diaryl/α,β-unsaturated/α-hetero) is 1. The Hall–Kier alpha value is -2.21. The fourth-order valence-corrected chi connectivity index (χ4v) is 1.86. The van der Waals surface area contributed by atoms with Crippen LogP contribution < -0.4 is 5.32 Å². The highest BCUT2D eigenvalue weighted by atomic mass is 16.6. The van der Waals surface area contributed by atoms with Gasteiger partial charge in [0.1, 0.15) is 5.60 Å². The molecule has 6 nitrogen and oxygen atoms in total. The second-order valence-corrected chi connectivity index (χ2v) is 5.89. The molecule has 1 aromatic carbocycles. The Morgan fingerprint density at radius 3 is 2.41 bits per heavy atom. The van der Waals surface area contributed by atoms with Gasteiger partial charge in [0.05, 0.1) is 6.04 Å². The number of hydrogen-bond acceptors (Lipinski definition) is 5. The minimum atomic E-state index is -1.57. The van der Waals surface area contributed by atoms with Gasteiger partial charge < -0.3 is 15.2 Å². The van der Waals surface area contributed by atoms with Gasteiger partial charge in [-0.15, -0.1) is 0 Å². The molecule has 1 unspecified atom stereocenters. The van der Waals surface area contributed by atoms with Crippen molar-refractivity contribution in [3.05, 3.63) is 35.4 Å². The Kier molecular flexibility index (Phi) is 5.82. The second kappa shape index (κ2) is 7.17. The molecule has 6 heteroatoms. The van der Waals surface area contributed by atoms with Crippen LogP contribution in [0.5, 0.6) is 0 Å². The molecule has 0 aliphatic rings. The molecule has 22 heavy (non-hydrogen) atoms. The molecule has 0 spiro atoms. The summed E-state index contributed by atoms with van der Waals surface area (Å²) in [6.07, 6.45) is -1.14. The van der Waals surface area contributed by atoms with Crippen LogP contribution in [0.3, 0.4) is 0 Å². The van der Waals surface area contributed by atoms with Crippen molar-refractivity contribution in [2.24, 2.45) is 0 Å². The lowest BCUT2D eigenvalue weighted by Crippen LogP contribution is -2.34. The molecular formula is C16H21NO5. The Bertz CT molecular complexity index is 562. The Balaban J connectivity index is 3.08. The molecule has 120 valence electrons. The van der Waals surface area contributed by atoms with Gasteiger partial charge in [0.25, 0.3) is 0 Å². The summed E-state index contributed by atoms with van der Waals surface area (Å²) >= 11 is 0. The van der Waals surface area contributed by atoms with Crippen molar-refractivity contribution in [2.45, 2.75) is 45.4 Å². The standard InChI is InChI=1S/C16H21NO5/c1-10(17-9-18)13(19)11-7-5-6-8-12(11)14(20)15(21)22-16(2,3)4/h5-10,14,20H,1-4H3,(H,17,18)/t10-,14?/m0/s1. The highest BCUT2D eigenvalue weighted by molar-refractivity contribution is 6.02. The molecule has 0 bridgehead atoms. The molecule has 0 aliphatic heterocycles. The van der Waals surface area contributed by atoms with E-state index in [0.29, 0.717) is 6.41 Å². The van der Waals surface area contributed by atoms with Crippen molar-refractivity contribution < 1.29 is 24.2 Å². The summed E-state index contributed by atoms with van der Waals surface area (Å²) in [6, 6.07) is 5.44. The van der Waals surface area contributed by atoms with Crippen LogP contribution in [0.1, 0.15) is 49.7 Å². The molecule has 0 aromatic heterocycles. The number of carbonyl (C=O) groups is 3. The number of rotatable bonds is 6. The van der Waals surface area contributed by atoms with E-state index in [9.17, 15) is 19.5 Å². The number of aliphatic hydroxyl groups excluding tert-OH is 1. The molecule has 1 rings (SSSR count). The van der Waals surface area contributed by atoms with Gasteiger partial charge in [-0.1, -0.05) is 24.3 Å². The van der Waals surface area contributed by atoms with Gasteiger partial charge in [-0.2, -0.15) is 0 Å². The first kappa shape index (κ1) is 17.8. The number of hydrogen-bond donors (Lipinski definition) is 2. The van der Waals surface area contributed by atoms with Crippen LogP contribution in [0.2, 0.25) is 0 Å². The van der Waals surface area contributed by atoms with Crippen LogP contribution in [0, 0.1) is 0 Å². The van der Waals surface area contributed by atoms with Crippen LogP contribution in [0.4, 0.5) is 0 Å². The third kappa shape index (κ3) is 4.66. The van der Waals surface area contributed by atoms with Gasteiger partial charge in [0.2, 0.25) is 6.41 Å². The fraction of sp³-hybridized carbons (Fsp3) is 0.438. The lowest BCUT2D eigenvalue weighted by Gasteiger charge is -2.23. The molecule has 0 aliphatic carbocycles. The lowest BCUT2D eigenvalue weighted by molar-refractivity contribution is -0.165. The molecule has 0 fully saturated rings. The van der Waals surface area contributed by atoms with Gasteiger partial charge >= 0.3 is 5.97 Å². The van der Waals surface area contributed by atoms with Crippen LogP contribution in [-0.4, -0.2) is 34.9 Å². The number of aliphatic hydroxyl groups is 1. The first-order valence-electron chi connectivity index (χ1n) is 6.91. The average Bonchev–Trinajstić information content (AvgIpc) is 2.44. The minimum Gasteiger partial charge on any atom is -0.458 e. The third-order valence-electron chi connectivity index (χ3n) is 2.86.